The van der Waals surface area contributed by atoms with Gasteiger partial charge in [-0.3, -0.25) is 9.38 Å². The Labute approximate surface area is 162 Å². The van der Waals surface area contributed by atoms with E-state index in [1.807, 2.05) is 41.1 Å². The second kappa shape index (κ2) is 6.74. The highest BCUT2D eigenvalue weighted by molar-refractivity contribution is 5.92. The van der Waals surface area contributed by atoms with Crippen LogP contribution in [0, 0.1) is 0 Å². The van der Waals surface area contributed by atoms with E-state index in [4.69, 9.17) is 0 Å². The molecule has 6 nitrogen and oxygen atoms in total. The fourth-order valence-electron chi connectivity index (χ4n) is 3.42. The van der Waals surface area contributed by atoms with Crippen LogP contribution in [0.3, 0.4) is 0 Å². The first-order valence-corrected chi connectivity index (χ1v) is 9.13. The van der Waals surface area contributed by atoms with E-state index < -0.39 is 0 Å². The number of rotatable bonds is 4. The minimum atomic E-state index is 0.129. The molecule has 1 atom stereocenters. The third-order valence-corrected chi connectivity index (χ3v) is 4.90. The fourth-order valence-corrected chi connectivity index (χ4v) is 3.42. The number of hydrogen-bond acceptors (Lipinski definition) is 5. The van der Waals surface area contributed by atoms with Crippen LogP contribution < -0.4 is 5.32 Å². The van der Waals surface area contributed by atoms with E-state index in [9.17, 15) is 0 Å². The van der Waals surface area contributed by atoms with E-state index in [1.54, 1.807) is 18.7 Å². The molecule has 1 N–H and O–H groups in total. The van der Waals surface area contributed by atoms with Gasteiger partial charge < -0.3 is 5.32 Å². The minimum absolute atomic E-state index is 0.129. The lowest BCUT2D eigenvalue weighted by Gasteiger charge is -2.16. The summed E-state index contributed by atoms with van der Waals surface area (Å²) < 4.78 is 2.03. The summed E-state index contributed by atoms with van der Waals surface area (Å²) in [5.74, 6) is 0.818. The smallest absolute Gasteiger partial charge is 0.155 e. The maximum Gasteiger partial charge on any atom is 0.155 e. The quantitative estimate of drug-likeness (QED) is 0.507. The minimum Gasteiger partial charge on any atom is -0.363 e. The van der Waals surface area contributed by atoms with Gasteiger partial charge in [-0.2, -0.15) is 0 Å². The lowest BCUT2D eigenvalue weighted by atomic mass is 10.1. The molecule has 0 radical (unpaired) electrons. The first-order chi connectivity index (χ1) is 13.8. The Morgan fingerprint density at radius 3 is 2.75 bits per heavy atom. The predicted octanol–water partition coefficient (Wildman–Crippen LogP) is 4.51. The molecule has 5 aromatic rings. The lowest BCUT2D eigenvalue weighted by Crippen LogP contribution is -2.08. The molecule has 0 aliphatic carbocycles. The molecular formula is C22H18N6. The highest BCUT2D eigenvalue weighted by Crippen LogP contribution is 2.29. The van der Waals surface area contributed by atoms with Crippen molar-refractivity contribution in [2.45, 2.75) is 13.0 Å². The molecule has 3 heterocycles. The molecule has 5 rings (SSSR count). The first-order valence-electron chi connectivity index (χ1n) is 9.13. The molecular weight excluding hydrogens is 348 g/mol. The van der Waals surface area contributed by atoms with Crippen molar-refractivity contribution in [3.05, 3.63) is 85.2 Å². The molecule has 6 heteroatoms. The standard InChI is InChI=1S/C22H18N6/c1-15(16-5-3-2-4-6-16)27-22-18-11-17(7-8-19(18)25-14-26-22)20-12-24-21-13-23-9-10-28(20)21/h2-15H,1H3,(H,25,26,27). The van der Waals surface area contributed by atoms with Crippen molar-refractivity contribution in [3.63, 3.8) is 0 Å². The summed E-state index contributed by atoms with van der Waals surface area (Å²) in [4.78, 5) is 17.5. The number of fused-ring (bicyclic) bond motifs is 2. The Kier molecular flexibility index (Phi) is 3.94. The zero-order valence-electron chi connectivity index (χ0n) is 15.3. The van der Waals surface area contributed by atoms with Crippen molar-refractivity contribution in [1.29, 1.82) is 0 Å². The summed E-state index contributed by atoms with van der Waals surface area (Å²) in [5, 5.41) is 4.51. The van der Waals surface area contributed by atoms with E-state index in [0.717, 1.165) is 33.6 Å². The molecule has 2 aromatic carbocycles. The van der Waals surface area contributed by atoms with E-state index in [-0.39, 0.29) is 6.04 Å². The number of imidazole rings is 1. The van der Waals surface area contributed by atoms with Crippen molar-refractivity contribution >= 4 is 22.4 Å². The van der Waals surface area contributed by atoms with Gasteiger partial charge in [0.25, 0.3) is 0 Å². The average Bonchev–Trinajstić information content (AvgIpc) is 3.18. The second-order valence-electron chi connectivity index (χ2n) is 6.68. The topological polar surface area (TPSA) is 68.0 Å². The number of nitrogens with zero attached hydrogens (tertiary/aromatic N) is 5. The summed E-state index contributed by atoms with van der Waals surface area (Å²) in [6, 6.07) is 16.6. The van der Waals surface area contributed by atoms with Crippen LogP contribution >= 0.6 is 0 Å². The van der Waals surface area contributed by atoms with Crippen molar-refractivity contribution < 1.29 is 0 Å². The van der Waals surface area contributed by atoms with Gasteiger partial charge >= 0.3 is 0 Å². The Balaban J connectivity index is 1.58. The molecule has 0 saturated carbocycles. The zero-order valence-corrected chi connectivity index (χ0v) is 15.3. The van der Waals surface area contributed by atoms with Crippen LogP contribution in [-0.4, -0.2) is 24.3 Å². The molecule has 0 aliphatic rings. The number of aromatic nitrogens is 5. The van der Waals surface area contributed by atoms with E-state index in [0.29, 0.717) is 0 Å². The highest BCUT2D eigenvalue weighted by atomic mass is 15.0. The highest BCUT2D eigenvalue weighted by Gasteiger charge is 2.12. The number of nitrogens with one attached hydrogen (secondary N) is 1. The van der Waals surface area contributed by atoms with Crippen LogP contribution in [0.5, 0.6) is 0 Å². The van der Waals surface area contributed by atoms with Crippen LogP contribution in [0.1, 0.15) is 18.5 Å². The van der Waals surface area contributed by atoms with Crippen LogP contribution in [-0.2, 0) is 0 Å². The summed E-state index contributed by atoms with van der Waals surface area (Å²) in [6.45, 7) is 2.13. The van der Waals surface area contributed by atoms with Gasteiger partial charge in [-0.25, -0.2) is 15.0 Å². The van der Waals surface area contributed by atoms with Crippen molar-refractivity contribution in [1.82, 2.24) is 24.3 Å². The average molecular weight is 366 g/mol. The second-order valence-corrected chi connectivity index (χ2v) is 6.68. The molecule has 0 spiro atoms. The van der Waals surface area contributed by atoms with E-state index in [1.165, 1.54) is 5.56 Å². The van der Waals surface area contributed by atoms with Crippen molar-refractivity contribution in [3.8, 4) is 11.3 Å². The molecule has 0 saturated heterocycles. The lowest BCUT2D eigenvalue weighted by molar-refractivity contribution is 0.876. The van der Waals surface area contributed by atoms with E-state index in [2.05, 4.69) is 56.4 Å². The van der Waals surface area contributed by atoms with Gasteiger partial charge in [-0.1, -0.05) is 36.4 Å². The summed E-state index contributed by atoms with van der Waals surface area (Å²) in [6.07, 6.45) is 8.89. The van der Waals surface area contributed by atoms with Gasteiger partial charge in [0.05, 0.1) is 23.6 Å². The monoisotopic (exact) mass is 366 g/mol. The van der Waals surface area contributed by atoms with Gasteiger partial charge in [0.2, 0.25) is 0 Å². The number of benzene rings is 2. The Hall–Kier alpha value is -3.80. The zero-order chi connectivity index (χ0) is 18.9. The third kappa shape index (κ3) is 2.85. The van der Waals surface area contributed by atoms with Crippen molar-refractivity contribution in [2.24, 2.45) is 0 Å². The van der Waals surface area contributed by atoms with Crippen LogP contribution in [0.15, 0.2) is 79.6 Å². The molecule has 0 bridgehead atoms. The maximum atomic E-state index is 4.50. The third-order valence-electron chi connectivity index (χ3n) is 4.90. The summed E-state index contributed by atoms with van der Waals surface area (Å²) in [7, 11) is 0. The number of hydrogen-bond donors (Lipinski definition) is 1. The van der Waals surface area contributed by atoms with Crippen LogP contribution in [0.4, 0.5) is 5.82 Å². The van der Waals surface area contributed by atoms with Gasteiger partial charge in [-0.15, -0.1) is 0 Å². The fraction of sp³-hybridized carbons (Fsp3) is 0.0909. The van der Waals surface area contributed by atoms with E-state index >= 15 is 0 Å². The molecule has 3 aromatic heterocycles. The van der Waals surface area contributed by atoms with Crippen LogP contribution in [0.25, 0.3) is 27.8 Å². The predicted molar refractivity (Wildman–Crippen MR) is 110 cm³/mol. The van der Waals surface area contributed by atoms with Crippen molar-refractivity contribution in [2.75, 3.05) is 5.32 Å². The van der Waals surface area contributed by atoms with Crippen LogP contribution in [0.2, 0.25) is 0 Å². The van der Waals surface area contributed by atoms with Gasteiger partial charge in [0.1, 0.15) is 12.1 Å². The summed E-state index contributed by atoms with van der Waals surface area (Å²) >= 11 is 0. The number of anilines is 1. The molecule has 28 heavy (non-hydrogen) atoms. The van der Waals surface area contributed by atoms with Gasteiger partial charge in [-0.05, 0) is 24.6 Å². The normalized spacial score (nSPS) is 12.3. The largest absolute Gasteiger partial charge is 0.363 e. The van der Waals surface area contributed by atoms with Gasteiger partial charge in [0.15, 0.2) is 5.65 Å². The molecule has 1 unspecified atom stereocenters. The first kappa shape index (κ1) is 16.4. The SMILES string of the molecule is CC(Nc1ncnc2ccc(-c3cnc4cnccn34)cc12)c1ccccc1. The Morgan fingerprint density at radius 2 is 1.86 bits per heavy atom. The Morgan fingerprint density at radius 1 is 0.964 bits per heavy atom. The maximum absolute atomic E-state index is 4.50. The van der Waals surface area contributed by atoms with Gasteiger partial charge in [0, 0.05) is 29.4 Å². The Bertz CT molecular complexity index is 1260. The molecule has 136 valence electrons. The molecule has 0 fully saturated rings. The molecule has 0 amide bonds. The molecule has 0 aliphatic heterocycles. The summed E-state index contributed by atoms with van der Waals surface area (Å²) in [5.41, 5.74) is 4.98.